The number of hydrogen-bond donors (Lipinski definition) is 0. The topological polar surface area (TPSA) is 56.7 Å². The Bertz CT molecular complexity index is 2830. The van der Waals surface area contributed by atoms with Gasteiger partial charge in [-0.1, -0.05) is 127 Å². The minimum absolute atomic E-state index is 0.554. The zero-order valence-electron chi connectivity index (χ0n) is 25.7. The third-order valence-electron chi connectivity index (χ3n) is 9.24. The van der Waals surface area contributed by atoms with Gasteiger partial charge in [-0.25, -0.2) is 4.98 Å². The number of hydrogen-bond acceptors (Lipinski definition) is 4. The number of fused-ring (bicyclic) bond motifs is 9. The Morgan fingerprint density at radius 3 is 1.92 bits per heavy atom. The highest BCUT2D eigenvalue weighted by Crippen LogP contribution is 2.42. The third kappa shape index (κ3) is 4.08. The van der Waals surface area contributed by atoms with Gasteiger partial charge >= 0.3 is 0 Å². The van der Waals surface area contributed by atoms with E-state index < -0.39 is 0 Å². The molecular weight excluding hydrogens is 589 g/mol. The van der Waals surface area contributed by atoms with Crippen molar-refractivity contribution in [2.45, 2.75) is 0 Å². The van der Waals surface area contributed by atoms with Gasteiger partial charge in [-0.2, -0.15) is 9.97 Å². The van der Waals surface area contributed by atoms with Crippen LogP contribution in [0.1, 0.15) is 0 Å². The number of para-hydroxylation sites is 1. The molecule has 0 atom stereocenters. The van der Waals surface area contributed by atoms with Gasteiger partial charge in [0.25, 0.3) is 0 Å². The van der Waals surface area contributed by atoms with Crippen LogP contribution < -0.4 is 0 Å². The minimum Gasteiger partial charge on any atom is -0.455 e. The van der Waals surface area contributed by atoms with Crippen LogP contribution >= 0.6 is 0 Å². The molecule has 0 aliphatic carbocycles. The normalized spacial score (nSPS) is 11.8. The maximum Gasteiger partial charge on any atom is 0.238 e. The summed E-state index contributed by atoms with van der Waals surface area (Å²) in [5, 5.41) is 6.58. The molecule has 224 valence electrons. The van der Waals surface area contributed by atoms with Crippen LogP contribution in [0.2, 0.25) is 0 Å². The number of nitrogens with zero attached hydrogens (tertiary/aromatic N) is 4. The maximum absolute atomic E-state index is 6.64. The molecule has 5 heteroatoms. The van der Waals surface area contributed by atoms with Crippen LogP contribution in [0.4, 0.5) is 0 Å². The number of rotatable bonds is 4. The lowest BCUT2D eigenvalue weighted by atomic mass is 10.0. The van der Waals surface area contributed by atoms with E-state index in [1.165, 1.54) is 0 Å². The number of aromatic nitrogens is 4. The van der Waals surface area contributed by atoms with Crippen LogP contribution in [0.25, 0.3) is 94.4 Å². The molecule has 0 N–H and O–H groups in total. The van der Waals surface area contributed by atoms with Crippen LogP contribution in [0.3, 0.4) is 0 Å². The van der Waals surface area contributed by atoms with Crippen LogP contribution in [0, 0.1) is 0 Å². The standard InChI is InChI=1S/C43H26N4O/c1-3-12-27(13-4-1)30-17-11-18-31(26-30)42-44-41(29-15-5-2-6-16-29)45-43(46-42)47-36-21-10-9-20-33(36)34-24-25-37-38(39(34)47)35-23-22-28-14-7-8-19-32(28)40(35)48-37/h1-26H. The van der Waals surface area contributed by atoms with E-state index in [0.29, 0.717) is 17.6 Å². The lowest BCUT2D eigenvalue weighted by Gasteiger charge is -2.12. The van der Waals surface area contributed by atoms with E-state index in [-0.39, 0.29) is 0 Å². The fraction of sp³-hybridized carbons (Fsp3) is 0. The van der Waals surface area contributed by atoms with Crippen molar-refractivity contribution in [2.75, 3.05) is 0 Å². The van der Waals surface area contributed by atoms with E-state index in [4.69, 9.17) is 19.4 Å². The molecular formula is C43H26N4O. The molecule has 10 aromatic rings. The summed E-state index contributed by atoms with van der Waals surface area (Å²) in [4.78, 5) is 15.5. The molecule has 0 unspecified atom stereocenters. The predicted molar refractivity (Wildman–Crippen MR) is 195 cm³/mol. The molecule has 7 aromatic carbocycles. The molecule has 0 radical (unpaired) electrons. The first kappa shape index (κ1) is 26.6. The second-order valence-corrected chi connectivity index (χ2v) is 12.0. The van der Waals surface area contributed by atoms with E-state index in [2.05, 4.69) is 126 Å². The molecule has 0 fully saturated rings. The Labute approximate surface area is 275 Å². The van der Waals surface area contributed by atoms with E-state index in [9.17, 15) is 0 Å². The number of furan rings is 1. The molecule has 3 aromatic heterocycles. The van der Waals surface area contributed by atoms with Crippen molar-refractivity contribution >= 4 is 54.5 Å². The first-order valence-corrected chi connectivity index (χ1v) is 16.0. The zero-order chi connectivity index (χ0) is 31.6. The Balaban J connectivity index is 1.31. The Kier molecular flexibility index (Phi) is 5.81. The van der Waals surface area contributed by atoms with Gasteiger partial charge in [-0.15, -0.1) is 0 Å². The van der Waals surface area contributed by atoms with Gasteiger partial charge in [-0.3, -0.25) is 4.57 Å². The van der Waals surface area contributed by atoms with Crippen LogP contribution in [-0.4, -0.2) is 19.5 Å². The van der Waals surface area contributed by atoms with Crippen molar-refractivity contribution in [2.24, 2.45) is 0 Å². The summed E-state index contributed by atoms with van der Waals surface area (Å²) in [6.45, 7) is 0. The van der Waals surface area contributed by atoms with Crippen LogP contribution in [0.15, 0.2) is 162 Å². The molecule has 0 bridgehead atoms. The summed E-state index contributed by atoms with van der Waals surface area (Å²) in [6, 6.07) is 54.3. The van der Waals surface area contributed by atoms with Gasteiger partial charge in [0, 0.05) is 32.7 Å². The quantitative estimate of drug-likeness (QED) is 0.198. The molecule has 0 aliphatic heterocycles. The summed E-state index contributed by atoms with van der Waals surface area (Å²) in [5.74, 6) is 1.78. The van der Waals surface area contributed by atoms with Gasteiger partial charge in [0.15, 0.2) is 11.6 Å². The van der Waals surface area contributed by atoms with E-state index in [1.54, 1.807) is 0 Å². The predicted octanol–water partition coefficient (Wildman–Crippen LogP) is 11.0. The van der Waals surface area contributed by atoms with Gasteiger partial charge in [0.05, 0.1) is 16.4 Å². The third-order valence-corrected chi connectivity index (χ3v) is 9.24. The largest absolute Gasteiger partial charge is 0.455 e. The molecule has 0 saturated heterocycles. The highest BCUT2D eigenvalue weighted by molar-refractivity contribution is 6.26. The second kappa shape index (κ2) is 10.5. The molecule has 0 saturated carbocycles. The van der Waals surface area contributed by atoms with E-state index in [1.807, 2.05) is 36.4 Å². The van der Waals surface area contributed by atoms with Crippen molar-refractivity contribution < 1.29 is 4.42 Å². The summed E-state index contributed by atoms with van der Waals surface area (Å²) < 4.78 is 8.83. The summed E-state index contributed by atoms with van der Waals surface area (Å²) in [6.07, 6.45) is 0. The smallest absolute Gasteiger partial charge is 0.238 e. The first-order valence-electron chi connectivity index (χ1n) is 16.0. The van der Waals surface area contributed by atoms with Crippen molar-refractivity contribution in [3.05, 3.63) is 158 Å². The monoisotopic (exact) mass is 614 g/mol. The lowest BCUT2D eigenvalue weighted by Crippen LogP contribution is -2.06. The molecule has 0 spiro atoms. The summed E-state index contributed by atoms with van der Waals surface area (Å²) in [7, 11) is 0. The summed E-state index contributed by atoms with van der Waals surface area (Å²) >= 11 is 0. The van der Waals surface area contributed by atoms with Gasteiger partial charge in [0.1, 0.15) is 11.2 Å². The SMILES string of the molecule is c1ccc(-c2cccc(-c3nc(-c4ccccc4)nc(-n4c5ccccc5c5ccc6oc7c8ccccc8ccc7c6c54)n3)c2)cc1. The van der Waals surface area contributed by atoms with Gasteiger partial charge in [0.2, 0.25) is 5.95 Å². The molecule has 10 rings (SSSR count). The fourth-order valence-corrected chi connectivity index (χ4v) is 7.03. The highest BCUT2D eigenvalue weighted by atomic mass is 16.3. The molecule has 0 amide bonds. The van der Waals surface area contributed by atoms with Crippen LogP contribution in [0.5, 0.6) is 0 Å². The van der Waals surface area contributed by atoms with Crippen molar-refractivity contribution in [3.8, 4) is 39.9 Å². The van der Waals surface area contributed by atoms with Crippen molar-refractivity contribution in [1.82, 2.24) is 19.5 Å². The van der Waals surface area contributed by atoms with Crippen molar-refractivity contribution in [3.63, 3.8) is 0 Å². The maximum atomic E-state index is 6.64. The Morgan fingerprint density at radius 2 is 1.08 bits per heavy atom. The van der Waals surface area contributed by atoms with Gasteiger partial charge in [-0.05, 0) is 46.8 Å². The molecule has 3 heterocycles. The first-order chi connectivity index (χ1) is 23.8. The minimum atomic E-state index is 0.554. The fourth-order valence-electron chi connectivity index (χ4n) is 7.03. The summed E-state index contributed by atoms with van der Waals surface area (Å²) in [5.41, 5.74) is 7.82. The highest BCUT2D eigenvalue weighted by Gasteiger charge is 2.22. The van der Waals surface area contributed by atoms with Crippen LogP contribution in [-0.2, 0) is 0 Å². The van der Waals surface area contributed by atoms with Gasteiger partial charge < -0.3 is 4.42 Å². The zero-order valence-corrected chi connectivity index (χ0v) is 25.7. The average Bonchev–Trinajstić information content (AvgIpc) is 3.72. The lowest BCUT2D eigenvalue weighted by molar-refractivity contribution is 0.673. The Morgan fingerprint density at radius 1 is 0.438 bits per heavy atom. The molecule has 0 aliphatic rings. The molecule has 48 heavy (non-hydrogen) atoms. The Hall–Kier alpha value is -6.59. The number of benzene rings is 7. The average molecular weight is 615 g/mol. The van der Waals surface area contributed by atoms with E-state index in [0.717, 1.165) is 76.8 Å². The van der Waals surface area contributed by atoms with E-state index >= 15 is 0 Å². The molecule has 5 nitrogen and oxygen atoms in total. The second-order valence-electron chi connectivity index (χ2n) is 12.0. The van der Waals surface area contributed by atoms with Crippen molar-refractivity contribution in [1.29, 1.82) is 0 Å².